The van der Waals surface area contributed by atoms with Gasteiger partial charge in [0.25, 0.3) is 0 Å². The highest BCUT2D eigenvalue weighted by Gasteiger charge is 2.12. The largest absolute Gasteiger partial charge is 0.456 e. The lowest BCUT2D eigenvalue weighted by Gasteiger charge is -2.10. The highest BCUT2D eigenvalue weighted by atomic mass is 16.3. The van der Waals surface area contributed by atoms with Crippen molar-refractivity contribution in [3.63, 3.8) is 0 Å². The number of aryl methyl sites for hydroxylation is 1. The van der Waals surface area contributed by atoms with Crippen LogP contribution in [0.4, 0.5) is 0 Å². The van der Waals surface area contributed by atoms with E-state index in [1.54, 1.807) is 0 Å². The summed E-state index contributed by atoms with van der Waals surface area (Å²) < 4.78 is 6.07. The molecular formula is C47H38N2O. The Kier molecular flexibility index (Phi) is 9.59. The van der Waals surface area contributed by atoms with Crippen LogP contribution < -0.4 is 5.73 Å². The van der Waals surface area contributed by atoms with Crippen molar-refractivity contribution < 1.29 is 4.42 Å². The predicted molar refractivity (Wildman–Crippen MR) is 213 cm³/mol. The van der Waals surface area contributed by atoms with Crippen molar-refractivity contribution in [2.24, 2.45) is 5.73 Å². The van der Waals surface area contributed by atoms with Gasteiger partial charge < -0.3 is 15.6 Å². The smallest absolute Gasteiger partial charge is 0.136 e. The second kappa shape index (κ2) is 14.9. The summed E-state index contributed by atoms with van der Waals surface area (Å²) in [6.07, 6.45) is 1.40. The quantitative estimate of drug-likeness (QED) is 0.148. The monoisotopic (exact) mass is 646 g/mol. The maximum atomic E-state index is 7.84. The molecule has 0 fully saturated rings. The van der Waals surface area contributed by atoms with Crippen LogP contribution in [0.25, 0.3) is 65.7 Å². The summed E-state index contributed by atoms with van der Waals surface area (Å²) in [5.41, 5.74) is 15.1. The summed E-state index contributed by atoms with van der Waals surface area (Å²) >= 11 is 0. The van der Waals surface area contributed by atoms with Gasteiger partial charge in [-0.3, -0.25) is 0 Å². The molecule has 8 aromatic carbocycles. The molecule has 3 nitrogen and oxygen atoms in total. The van der Waals surface area contributed by atoms with Crippen molar-refractivity contribution in [3.8, 4) is 22.3 Å². The molecule has 0 spiro atoms. The second-order valence-corrected chi connectivity index (χ2v) is 12.3. The first kappa shape index (κ1) is 32.3. The van der Waals surface area contributed by atoms with Crippen molar-refractivity contribution >= 4 is 49.7 Å². The fraction of sp³-hybridized carbons (Fsp3) is 0.0426. The Morgan fingerprint density at radius 3 is 1.56 bits per heavy atom. The third-order valence-electron chi connectivity index (χ3n) is 8.98. The fourth-order valence-corrected chi connectivity index (χ4v) is 6.34. The lowest BCUT2D eigenvalue weighted by atomic mass is 9.94. The van der Waals surface area contributed by atoms with Crippen molar-refractivity contribution in [2.75, 3.05) is 0 Å². The number of fused-ring (bicyclic) bond motifs is 6. The molecule has 0 aliphatic carbocycles. The third-order valence-corrected chi connectivity index (χ3v) is 8.98. The summed E-state index contributed by atoms with van der Waals surface area (Å²) in [4.78, 5) is 0. The van der Waals surface area contributed by atoms with E-state index in [0.29, 0.717) is 6.54 Å². The van der Waals surface area contributed by atoms with Gasteiger partial charge in [-0.05, 0) is 86.6 Å². The van der Waals surface area contributed by atoms with Crippen LogP contribution in [0.3, 0.4) is 0 Å². The maximum absolute atomic E-state index is 7.84. The molecule has 0 unspecified atom stereocenters. The number of rotatable bonds is 4. The number of nitrogens with two attached hydrogens (primary N) is 1. The summed E-state index contributed by atoms with van der Waals surface area (Å²) in [5, 5.41) is 14.8. The van der Waals surface area contributed by atoms with Crippen molar-refractivity contribution in [3.05, 3.63) is 193 Å². The standard InChI is InChI=1S/C33H21NO.C7H9N.C7H8/c34-20-27-7-4-8-32-33(27)30-19-26(15-16-31(30)35-32)25-14-12-23-10-9-22-11-13-24(17-28(22)29(23)18-25)21-5-2-1-3-6-21;8-6-7-4-2-1-3-5-7;1-7-5-3-2-4-6-7/h1-20,34H;1-5H,6,8H2;2-6H,1H3. The second-order valence-electron chi connectivity index (χ2n) is 12.3. The Hall–Kier alpha value is -6.29. The minimum absolute atomic E-state index is 0.640. The molecule has 3 N–H and O–H groups in total. The maximum Gasteiger partial charge on any atom is 0.136 e. The van der Waals surface area contributed by atoms with Gasteiger partial charge in [0.1, 0.15) is 11.2 Å². The molecule has 0 aliphatic rings. The zero-order chi connectivity index (χ0) is 34.3. The van der Waals surface area contributed by atoms with Gasteiger partial charge in [-0.2, -0.15) is 0 Å². The Balaban J connectivity index is 0.000000216. The fourth-order valence-electron chi connectivity index (χ4n) is 6.34. The lowest BCUT2D eigenvalue weighted by molar-refractivity contribution is 0.669. The van der Waals surface area contributed by atoms with Crippen molar-refractivity contribution in [2.45, 2.75) is 13.5 Å². The van der Waals surface area contributed by atoms with Crippen LogP contribution in [0, 0.1) is 12.3 Å². The van der Waals surface area contributed by atoms with E-state index < -0.39 is 0 Å². The van der Waals surface area contributed by atoms with Gasteiger partial charge in [0.05, 0.1) is 0 Å². The Bertz CT molecular complexity index is 2540. The lowest BCUT2D eigenvalue weighted by Crippen LogP contribution is -1.94. The average molecular weight is 647 g/mol. The molecule has 0 bridgehead atoms. The molecule has 3 heteroatoms. The Morgan fingerprint density at radius 2 is 1.02 bits per heavy atom. The molecule has 0 atom stereocenters. The number of hydrogen-bond donors (Lipinski definition) is 2. The van der Waals surface area contributed by atoms with Crippen LogP contribution in [0.2, 0.25) is 0 Å². The predicted octanol–water partition coefficient (Wildman–Crippen LogP) is 12.4. The number of benzene rings is 8. The SMILES string of the molecule is Cc1ccccc1.N=Cc1cccc2oc3ccc(-c4ccc5ccc6ccc(-c7ccccc7)cc6c5c4)cc3c12.NCc1ccccc1. The van der Waals surface area contributed by atoms with Crippen molar-refractivity contribution in [1.82, 2.24) is 0 Å². The van der Waals surface area contributed by atoms with Gasteiger partial charge >= 0.3 is 0 Å². The summed E-state index contributed by atoms with van der Waals surface area (Å²) in [6, 6.07) is 60.8. The first-order valence-corrected chi connectivity index (χ1v) is 16.8. The molecular weight excluding hydrogens is 609 g/mol. The van der Waals surface area contributed by atoms with E-state index in [9.17, 15) is 0 Å². The molecule has 50 heavy (non-hydrogen) atoms. The number of hydrogen-bond acceptors (Lipinski definition) is 3. The van der Waals surface area contributed by atoms with Crippen molar-refractivity contribution in [1.29, 1.82) is 5.41 Å². The molecule has 0 saturated carbocycles. The molecule has 242 valence electrons. The van der Waals surface area contributed by atoms with Gasteiger partial charge in [-0.25, -0.2) is 0 Å². The molecule has 1 heterocycles. The van der Waals surface area contributed by atoms with E-state index in [2.05, 4.69) is 110 Å². The van der Waals surface area contributed by atoms with Crippen LogP contribution in [0.1, 0.15) is 16.7 Å². The molecule has 0 saturated heterocycles. The zero-order valence-corrected chi connectivity index (χ0v) is 28.0. The van der Waals surface area contributed by atoms with Crippen LogP contribution in [-0.4, -0.2) is 6.21 Å². The summed E-state index contributed by atoms with van der Waals surface area (Å²) in [6.45, 7) is 2.72. The normalized spacial score (nSPS) is 10.8. The highest BCUT2D eigenvalue weighted by molar-refractivity contribution is 6.14. The van der Waals surface area contributed by atoms with E-state index in [1.807, 2.05) is 72.8 Å². The summed E-state index contributed by atoms with van der Waals surface area (Å²) in [7, 11) is 0. The van der Waals surface area contributed by atoms with Gasteiger partial charge in [-0.15, -0.1) is 0 Å². The number of nitrogens with one attached hydrogen (secondary N) is 1. The molecule has 1 aromatic heterocycles. The number of furan rings is 1. The minimum atomic E-state index is 0.640. The Morgan fingerprint density at radius 1 is 0.500 bits per heavy atom. The first-order chi connectivity index (χ1) is 24.6. The van der Waals surface area contributed by atoms with E-state index in [0.717, 1.165) is 33.1 Å². The molecule has 0 radical (unpaired) electrons. The van der Waals surface area contributed by atoms with E-state index >= 15 is 0 Å². The van der Waals surface area contributed by atoms with E-state index in [4.69, 9.17) is 15.6 Å². The van der Waals surface area contributed by atoms with Gasteiger partial charge in [0.2, 0.25) is 0 Å². The third kappa shape index (κ3) is 6.95. The van der Waals surface area contributed by atoms with Gasteiger partial charge in [0, 0.05) is 29.1 Å². The molecule has 9 rings (SSSR count). The minimum Gasteiger partial charge on any atom is -0.456 e. The van der Waals surface area contributed by atoms with Crippen LogP contribution in [-0.2, 0) is 6.54 Å². The Labute approximate surface area is 292 Å². The van der Waals surface area contributed by atoms with Crippen LogP contribution in [0.15, 0.2) is 180 Å². The topological polar surface area (TPSA) is 63.0 Å². The highest BCUT2D eigenvalue weighted by Crippen LogP contribution is 2.36. The molecule has 0 amide bonds. The van der Waals surface area contributed by atoms with Gasteiger partial charge in [0.15, 0.2) is 0 Å². The average Bonchev–Trinajstić information content (AvgIpc) is 3.57. The van der Waals surface area contributed by atoms with Crippen LogP contribution in [0.5, 0.6) is 0 Å². The van der Waals surface area contributed by atoms with E-state index in [-0.39, 0.29) is 0 Å². The first-order valence-electron chi connectivity index (χ1n) is 16.8. The molecule has 9 aromatic rings. The summed E-state index contributed by atoms with van der Waals surface area (Å²) in [5.74, 6) is 0. The van der Waals surface area contributed by atoms with Gasteiger partial charge in [-0.1, -0.05) is 151 Å². The van der Waals surface area contributed by atoms with Crippen LogP contribution >= 0.6 is 0 Å². The molecule has 0 aliphatic heterocycles. The zero-order valence-electron chi connectivity index (χ0n) is 28.0. The van der Waals surface area contributed by atoms with E-state index in [1.165, 1.54) is 55.6 Å².